The summed E-state index contributed by atoms with van der Waals surface area (Å²) in [5, 5.41) is 2.16. The minimum atomic E-state index is -4.67. The van der Waals surface area contributed by atoms with Crippen molar-refractivity contribution in [1.29, 1.82) is 0 Å². The Kier molecular flexibility index (Phi) is 4.09. The highest BCUT2D eigenvalue weighted by Gasteiger charge is 2.38. The molecule has 0 aliphatic heterocycles. The third-order valence-electron chi connectivity index (χ3n) is 4.05. The molecule has 0 aliphatic rings. The topological polar surface area (TPSA) is 59.4 Å². The van der Waals surface area contributed by atoms with E-state index in [-0.39, 0.29) is 16.8 Å². The molecule has 0 fully saturated rings. The predicted molar refractivity (Wildman–Crippen MR) is 91.5 cm³/mol. The molecule has 138 valence electrons. The fourth-order valence-electron chi connectivity index (χ4n) is 2.66. The van der Waals surface area contributed by atoms with Gasteiger partial charge in [0.25, 0.3) is 5.56 Å². The van der Waals surface area contributed by atoms with Crippen molar-refractivity contribution < 1.29 is 17.9 Å². The van der Waals surface area contributed by atoms with Gasteiger partial charge in [0.05, 0.1) is 18.4 Å². The highest BCUT2D eigenvalue weighted by atomic mass is 19.4. The molecular weight excluding hydrogens is 347 g/mol. The molecule has 0 spiro atoms. The fraction of sp³-hybridized carbons (Fsp3) is 0.333. The van der Waals surface area contributed by atoms with Gasteiger partial charge < -0.3 is 4.74 Å². The molecule has 0 aliphatic carbocycles. The van der Waals surface area contributed by atoms with Crippen molar-refractivity contribution in [3.05, 3.63) is 52.1 Å². The monoisotopic (exact) mass is 365 g/mol. The average Bonchev–Trinajstić information content (AvgIpc) is 2.94. The van der Waals surface area contributed by atoms with Crippen LogP contribution in [-0.2, 0) is 11.6 Å². The van der Waals surface area contributed by atoms with Crippen molar-refractivity contribution in [3.63, 3.8) is 0 Å². The Morgan fingerprint density at radius 1 is 1.12 bits per heavy atom. The molecule has 3 aromatic rings. The number of rotatable bonds is 2. The number of methoxy groups -OCH3 is 1. The van der Waals surface area contributed by atoms with Crippen LogP contribution in [0.15, 0.2) is 35.1 Å². The Balaban J connectivity index is 2.39. The van der Waals surface area contributed by atoms with Gasteiger partial charge in [-0.2, -0.15) is 13.2 Å². The molecular formula is C18H18F3N3O2. The van der Waals surface area contributed by atoms with E-state index in [1.54, 1.807) is 12.1 Å². The molecule has 3 rings (SSSR count). The van der Waals surface area contributed by atoms with Crippen molar-refractivity contribution in [2.45, 2.75) is 32.4 Å². The zero-order valence-corrected chi connectivity index (χ0v) is 14.7. The lowest BCUT2D eigenvalue weighted by Gasteiger charge is -2.17. The number of aromatic amines is 1. The van der Waals surface area contributed by atoms with E-state index in [0.717, 1.165) is 4.52 Å². The van der Waals surface area contributed by atoms with Crippen molar-refractivity contribution in [3.8, 4) is 16.9 Å². The first-order valence-corrected chi connectivity index (χ1v) is 7.90. The van der Waals surface area contributed by atoms with Crippen LogP contribution in [0.3, 0.4) is 0 Å². The van der Waals surface area contributed by atoms with Gasteiger partial charge in [0.1, 0.15) is 11.4 Å². The second-order valence-corrected chi connectivity index (χ2v) is 6.98. The number of fused-ring (bicyclic) bond motifs is 1. The Morgan fingerprint density at radius 3 is 2.23 bits per heavy atom. The maximum atomic E-state index is 13.6. The number of aromatic nitrogens is 3. The summed E-state index contributed by atoms with van der Waals surface area (Å²) in [6.45, 7) is 5.53. The van der Waals surface area contributed by atoms with E-state index in [9.17, 15) is 18.0 Å². The van der Waals surface area contributed by atoms with E-state index < -0.39 is 22.8 Å². The lowest BCUT2D eigenvalue weighted by molar-refractivity contribution is -0.140. The molecule has 0 radical (unpaired) electrons. The SMILES string of the molecule is COc1ccc(-c2c(C(F)(F)F)[nH]n3c(=O)cc(C(C)(C)C)nc23)cc1. The highest BCUT2D eigenvalue weighted by Crippen LogP contribution is 2.38. The molecule has 8 heteroatoms. The Hall–Kier alpha value is -2.77. The molecule has 0 saturated heterocycles. The fourth-order valence-corrected chi connectivity index (χ4v) is 2.66. The zero-order valence-electron chi connectivity index (χ0n) is 14.7. The second-order valence-electron chi connectivity index (χ2n) is 6.98. The summed E-state index contributed by atoms with van der Waals surface area (Å²) < 4.78 is 46.6. The number of H-pyrrole nitrogens is 1. The maximum absolute atomic E-state index is 13.6. The van der Waals surface area contributed by atoms with E-state index in [1.165, 1.54) is 25.3 Å². The van der Waals surface area contributed by atoms with E-state index in [4.69, 9.17) is 4.74 Å². The molecule has 2 heterocycles. The van der Waals surface area contributed by atoms with Gasteiger partial charge in [0, 0.05) is 11.5 Å². The molecule has 2 aromatic heterocycles. The largest absolute Gasteiger partial charge is 0.497 e. The maximum Gasteiger partial charge on any atom is 0.433 e. The van der Waals surface area contributed by atoms with Gasteiger partial charge in [-0.05, 0) is 17.7 Å². The van der Waals surface area contributed by atoms with Crippen molar-refractivity contribution in [2.24, 2.45) is 0 Å². The average molecular weight is 365 g/mol. The zero-order chi connectivity index (χ0) is 19.3. The van der Waals surface area contributed by atoms with Gasteiger partial charge in [-0.1, -0.05) is 32.9 Å². The standard InChI is InChI=1S/C18H18F3N3O2/c1-17(2,3)12-9-13(25)24-16(22-12)14(15(23-24)18(19,20)21)10-5-7-11(26-4)8-6-10/h5-9,23H,1-4H3. The molecule has 0 amide bonds. The molecule has 0 atom stereocenters. The first-order chi connectivity index (χ1) is 12.0. The van der Waals surface area contributed by atoms with Crippen LogP contribution in [0.5, 0.6) is 5.75 Å². The van der Waals surface area contributed by atoms with E-state index in [1.807, 2.05) is 20.8 Å². The van der Waals surface area contributed by atoms with Crippen LogP contribution in [-0.4, -0.2) is 21.7 Å². The summed E-state index contributed by atoms with van der Waals surface area (Å²) in [6, 6.07) is 7.39. The predicted octanol–water partition coefficient (Wildman–Crippen LogP) is 4.01. The first kappa shape index (κ1) is 18.0. The normalized spacial score (nSPS) is 12.6. The Morgan fingerprint density at radius 2 is 1.73 bits per heavy atom. The number of alkyl halides is 3. The third-order valence-corrected chi connectivity index (χ3v) is 4.05. The number of benzene rings is 1. The minimum absolute atomic E-state index is 0.0556. The first-order valence-electron chi connectivity index (χ1n) is 7.90. The van der Waals surface area contributed by atoms with Gasteiger partial charge in [-0.25, -0.2) is 9.50 Å². The molecule has 1 N–H and O–H groups in total. The lowest BCUT2D eigenvalue weighted by Crippen LogP contribution is -2.22. The van der Waals surface area contributed by atoms with Crippen LogP contribution >= 0.6 is 0 Å². The third kappa shape index (κ3) is 3.07. The molecule has 5 nitrogen and oxygen atoms in total. The summed E-state index contributed by atoms with van der Waals surface area (Å²) in [7, 11) is 1.47. The quantitative estimate of drug-likeness (QED) is 0.746. The lowest BCUT2D eigenvalue weighted by atomic mass is 9.92. The Labute approximate surface area is 147 Å². The van der Waals surface area contributed by atoms with Gasteiger partial charge in [0.15, 0.2) is 5.65 Å². The summed E-state index contributed by atoms with van der Waals surface area (Å²) >= 11 is 0. The Bertz CT molecular complexity index is 1010. The van der Waals surface area contributed by atoms with Crippen LogP contribution in [0.25, 0.3) is 16.8 Å². The highest BCUT2D eigenvalue weighted by molar-refractivity contribution is 5.80. The molecule has 1 aromatic carbocycles. The number of ether oxygens (including phenoxy) is 1. The van der Waals surface area contributed by atoms with Gasteiger partial charge in [-0.3, -0.25) is 9.89 Å². The molecule has 0 unspecified atom stereocenters. The minimum Gasteiger partial charge on any atom is -0.497 e. The van der Waals surface area contributed by atoms with Crippen molar-refractivity contribution in [1.82, 2.24) is 14.6 Å². The number of hydrogen-bond donors (Lipinski definition) is 1. The number of nitrogens with zero attached hydrogens (tertiary/aromatic N) is 2. The number of halogens is 3. The number of nitrogens with one attached hydrogen (secondary N) is 1. The van der Waals surface area contributed by atoms with Crippen LogP contribution < -0.4 is 10.3 Å². The van der Waals surface area contributed by atoms with Crippen molar-refractivity contribution >= 4 is 5.65 Å². The van der Waals surface area contributed by atoms with Crippen LogP contribution in [0.2, 0.25) is 0 Å². The second kappa shape index (κ2) is 5.89. The van der Waals surface area contributed by atoms with Gasteiger partial charge >= 0.3 is 6.18 Å². The molecule has 26 heavy (non-hydrogen) atoms. The van der Waals surface area contributed by atoms with Crippen LogP contribution in [0.1, 0.15) is 32.2 Å². The van der Waals surface area contributed by atoms with Gasteiger partial charge in [-0.15, -0.1) is 0 Å². The van der Waals surface area contributed by atoms with Crippen LogP contribution in [0, 0.1) is 0 Å². The van der Waals surface area contributed by atoms with Gasteiger partial charge in [0.2, 0.25) is 0 Å². The summed E-state index contributed by atoms with van der Waals surface area (Å²) in [5.41, 5.74) is -1.60. The van der Waals surface area contributed by atoms with Crippen LogP contribution in [0.4, 0.5) is 13.2 Å². The van der Waals surface area contributed by atoms with E-state index in [2.05, 4.69) is 10.1 Å². The van der Waals surface area contributed by atoms with E-state index >= 15 is 0 Å². The summed E-state index contributed by atoms with van der Waals surface area (Å²) in [5.74, 6) is 0.516. The number of hydrogen-bond acceptors (Lipinski definition) is 3. The van der Waals surface area contributed by atoms with Crippen molar-refractivity contribution in [2.75, 3.05) is 7.11 Å². The van der Waals surface area contributed by atoms with E-state index in [0.29, 0.717) is 11.4 Å². The molecule has 0 bridgehead atoms. The summed E-state index contributed by atoms with van der Waals surface area (Å²) in [4.78, 5) is 16.7. The smallest absolute Gasteiger partial charge is 0.433 e. The summed E-state index contributed by atoms with van der Waals surface area (Å²) in [6.07, 6.45) is -4.67. The molecule has 0 saturated carbocycles.